The van der Waals surface area contributed by atoms with E-state index >= 15 is 0 Å². The molecule has 0 aromatic carbocycles. The molecule has 0 radical (unpaired) electrons. The second kappa shape index (κ2) is 11.0. The molecule has 4 amide bonds. The number of morpholine rings is 1. The van der Waals surface area contributed by atoms with Crippen molar-refractivity contribution >= 4 is 17.8 Å². The van der Waals surface area contributed by atoms with E-state index in [0.717, 1.165) is 0 Å². The summed E-state index contributed by atoms with van der Waals surface area (Å²) >= 11 is 0. The number of hydrogen-bond donors (Lipinski definition) is 4. The fourth-order valence-corrected chi connectivity index (χ4v) is 5.51. The Balaban J connectivity index is 1.59. The Morgan fingerprint density at radius 3 is 2.60 bits per heavy atom. The number of hydrogen-bond acceptors (Lipinski definition) is 8. The second-order valence-corrected chi connectivity index (χ2v) is 10.3. The predicted molar refractivity (Wildman–Crippen MR) is 124 cm³/mol. The molecule has 12 heteroatoms. The van der Waals surface area contributed by atoms with Crippen LogP contribution in [0.3, 0.4) is 0 Å². The monoisotopic (exact) mass is 497 g/mol. The molecule has 4 heterocycles. The van der Waals surface area contributed by atoms with Crippen LogP contribution in [0.1, 0.15) is 33.6 Å². The summed E-state index contributed by atoms with van der Waals surface area (Å²) in [4.78, 5) is 44.6. The van der Waals surface area contributed by atoms with Crippen molar-refractivity contribution < 1.29 is 34.1 Å². The Morgan fingerprint density at radius 1 is 1.14 bits per heavy atom. The first-order valence-corrected chi connectivity index (χ1v) is 12.7. The summed E-state index contributed by atoms with van der Waals surface area (Å²) in [5.74, 6) is -0.291. The van der Waals surface area contributed by atoms with E-state index in [9.17, 15) is 24.6 Å². The molecule has 0 aromatic heterocycles. The third-order valence-corrected chi connectivity index (χ3v) is 7.28. The van der Waals surface area contributed by atoms with Gasteiger partial charge in [-0.2, -0.15) is 0 Å². The fourth-order valence-electron chi connectivity index (χ4n) is 5.51. The zero-order valence-electron chi connectivity index (χ0n) is 20.8. The lowest BCUT2D eigenvalue weighted by Crippen LogP contribution is -2.56. The molecule has 0 saturated carbocycles. The fraction of sp³-hybridized carbons (Fsp3) is 0.870. The number of likely N-dealkylation sites (N-methyl/N-ethyl adjacent to an activating group) is 1. The highest BCUT2D eigenvalue weighted by molar-refractivity contribution is 5.83. The van der Waals surface area contributed by atoms with Gasteiger partial charge in [0.15, 0.2) is 0 Å². The Hall–Kier alpha value is -1.99. The second-order valence-electron chi connectivity index (χ2n) is 10.3. The van der Waals surface area contributed by atoms with Gasteiger partial charge in [0.25, 0.3) is 0 Å². The number of ether oxygens (including phenoxy) is 2. The average Bonchev–Trinajstić information content (AvgIpc) is 3.33. The van der Waals surface area contributed by atoms with E-state index in [0.29, 0.717) is 39.2 Å². The number of fused-ring (bicyclic) bond motifs is 6. The van der Waals surface area contributed by atoms with Crippen molar-refractivity contribution in [1.82, 2.24) is 25.3 Å². The minimum absolute atomic E-state index is 0.0106. The maximum absolute atomic E-state index is 13.5. The summed E-state index contributed by atoms with van der Waals surface area (Å²) in [6, 6.07) is -0.983. The number of likely N-dealkylation sites (tertiary alicyclic amines) is 1. The molecule has 4 aliphatic heterocycles. The van der Waals surface area contributed by atoms with Gasteiger partial charge < -0.3 is 40.1 Å². The first-order chi connectivity index (χ1) is 16.7. The Morgan fingerprint density at radius 2 is 1.89 bits per heavy atom. The number of nitrogens with zero attached hydrogens (tertiary/aromatic N) is 3. The minimum atomic E-state index is -1.25. The van der Waals surface area contributed by atoms with E-state index in [-0.39, 0.29) is 55.5 Å². The maximum Gasteiger partial charge on any atom is 0.317 e. The van der Waals surface area contributed by atoms with Crippen LogP contribution in [-0.2, 0) is 19.1 Å². The number of nitrogens with one attached hydrogen (secondary N) is 2. The van der Waals surface area contributed by atoms with Crippen molar-refractivity contribution in [3.05, 3.63) is 0 Å². The van der Waals surface area contributed by atoms with Gasteiger partial charge in [-0.1, -0.05) is 6.92 Å². The topological polar surface area (TPSA) is 144 Å². The summed E-state index contributed by atoms with van der Waals surface area (Å²) in [6.45, 7) is 8.31. The number of carbonyl (C=O) groups excluding carboxylic acids is 3. The van der Waals surface area contributed by atoms with E-state index < -0.39 is 30.5 Å². The van der Waals surface area contributed by atoms with Crippen molar-refractivity contribution in [3.63, 3.8) is 0 Å². The highest BCUT2D eigenvalue weighted by Gasteiger charge is 2.46. The Labute approximate surface area is 205 Å². The van der Waals surface area contributed by atoms with Gasteiger partial charge in [0, 0.05) is 31.7 Å². The first-order valence-electron chi connectivity index (χ1n) is 12.7. The van der Waals surface area contributed by atoms with Gasteiger partial charge in [-0.15, -0.1) is 0 Å². The van der Waals surface area contributed by atoms with Crippen LogP contribution in [0.15, 0.2) is 0 Å². The number of aliphatic hydroxyl groups excluding tert-OH is 2. The number of aliphatic hydroxyl groups is 2. The van der Waals surface area contributed by atoms with Gasteiger partial charge in [0.1, 0.15) is 18.3 Å². The molecule has 7 atom stereocenters. The molecule has 4 aliphatic rings. The van der Waals surface area contributed by atoms with E-state index in [2.05, 4.69) is 15.5 Å². The smallest absolute Gasteiger partial charge is 0.317 e. The molecule has 0 aromatic rings. The van der Waals surface area contributed by atoms with Gasteiger partial charge in [0.2, 0.25) is 11.8 Å². The summed E-state index contributed by atoms with van der Waals surface area (Å²) in [7, 11) is 0. The number of rotatable bonds is 2. The van der Waals surface area contributed by atoms with E-state index in [1.54, 1.807) is 4.90 Å². The van der Waals surface area contributed by atoms with Crippen LogP contribution in [-0.4, -0.2) is 137 Å². The third kappa shape index (κ3) is 5.88. The molecule has 198 valence electrons. The summed E-state index contributed by atoms with van der Waals surface area (Å²) in [5.41, 5.74) is 0. The van der Waals surface area contributed by atoms with Gasteiger partial charge >= 0.3 is 6.03 Å². The van der Waals surface area contributed by atoms with E-state index in [4.69, 9.17) is 9.47 Å². The number of urea groups is 1. The van der Waals surface area contributed by atoms with Crippen LogP contribution in [0, 0.1) is 0 Å². The summed E-state index contributed by atoms with van der Waals surface area (Å²) in [5, 5.41) is 27.0. The molecule has 6 bridgehead atoms. The molecular formula is C23H39N5O7. The van der Waals surface area contributed by atoms with Crippen molar-refractivity contribution in [2.75, 3.05) is 45.9 Å². The summed E-state index contributed by atoms with van der Waals surface area (Å²) in [6.07, 6.45) is -4.25. The highest BCUT2D eigenvalue weighted by Crippen LogP contribution is 2.26. The minimum Gasteiger partial charge on any atom is -0.388 e. The maximum atomic E-state index is 13.5. The largest absolute Gasteiger partial charge is 0.388 e. The lowest BCUT2D eigenvalue weighted by atomic mass is 10.0. The average molecular weight is 498 g/mol. The van der Waals surface area contributed by atoms with Gasteiger partial charge in [-0.05, 0) is 26.8 Å². The molecule has 0 aliphatic carbocycles. The quantitative estimate of drug-likeness (QED) is 0.347. The van der Waals surface area contributed by atoms with Crippen LogP contribution in [0.25, 0.3) is 0 Å². The zero-order valence-corrected chi connectivity index (χ0v) is 20.8. The Bertz CT molecular complexity index is 798. The molecule has 35 heavy (non-hydrogen) atoms. The number of carbonyl (C=O) groups is 3. The zero-order chi connectivity index (χ0) is 25.3. The highest BCUT2D eigenvalue weighted by atomic mass is 16.5. The molecule has 4 rings (SSSR count). The van der Waals surface area contributed by atoms with E-state index in [1.807, 2.05) is 20.8 Å². The molecule has 0 unspecified atom stereocenters. The van der Waals surface area contributed by atoms with Crippen LogP contribution in [0.2, 0.25) is 0 Å². The molecule has 4 saturated heterocycles. The van der Waals surface area contributed by atoms with Gasteiger partial charge in [-0.25, -0.2) is 4.79 Å². The van der Waals surface area contributed by atoms with Crippen LogP contribution in [0.5, 0.6) is 0 Å². The third-order valence-electron chi connectivity index (χ3n) is 7.28. The van der Waals surface area contributed by atoms with Crippen LogP contribution >= 0.6 is 0 Å². The Kier molecular flexibility index (Phi) is 8.16. The normalized spacial score (nSPS) is 37.0. The molecule has 4 N–H and O–H groups in total. The first kappa shape index (κ1) is 26.1. The van der Waals surface area contributed by atoms with E-state index in [1.165, 1.54) is 4.90 Å². The molecule has 4 fully saturated rings. The molecule has 0 spiro atoms. The van der Waals surface area contributed by atoms with Crippen molar-refractivity contribution in [3.8, 4) is 0 Å². The van der Waals surface area contributed by atoms with Crippen molar-refractivity contribution in [1.29, 1.82) is 0 Å². The lowest BCUT2D eigenvalue weighted by molar-refractivity contribution is -0.144. The summed E-state index contributed by atoms with van der Waals surface area (Å²) < 4.78 is 11.8. The SMILES string of the molecule is CCN1C[C@@H]2C[C@H]1C(=O)N1CCO[C@H](CN(C(=O)NC(C)C)C[C@H]3O[C@@H](CC(=O)N2)[C@H](O)[C@@H]3O)C1. The van der Waals surface area contributed by atoms with Crippen molar-refractivity contribution in [2.45, 2.75) is 82.3 Å². The van der Waals surface area contributed by atoms with Crippen molar-refractivity contribution in [2.24, 2.45) is 0 Å². The van der Waals surface area contributed by atoms with Crippen LogP contribution in [0.4, 0.5) is 4.79 Å². The van der Waals surface area contributed by atoms with Crippen LogP contribution < -0.4 is 10.6 Å². The van der Waals surface area contributed by atoms with Gasteiger partial charge in [0.05, 0.1) is 44.4 Å². The predicted octanol–water partition coefficient (Wildman–Crippen LogP) is -1.89. The van der Waals surface area contributed by atoms with Gasteiger partial charge in [-0.3, -0.25) is 14.5 Å². The number of amides is 4. The lowest BCUT2D eigenvalue weighted by Gasteiger charge is -2.38. The molecular weight excluding hydrogens is 458 g/mol. The molecule has 12 nitrogen and oxygen atoms in total. The standard InChI is InChI=1S/C23H39N5O7/c1-4-26-9-14-7-16(26)22(32)27-5-6-34-15(10-27)11-28(23(33)24-13(2)3)12-18-21(31)20(30)17(35-18)8-19(29)25-14/h13-18,20-21,30-31H,4-12H2,1-3H3,(H,24,33)(H,25,29)/t14-,15-,16-,17-,18+,20-,21+/m0/s1.